The summed E-state index contributed by atoms with van der Waals surface area (Å²) in [6.45, 7) is 4.03. The third-order valence-electron chi connectivity index (χ3n) is 4.94. The monoisotopic (exact) mass is 475 g/mol. The average Bonchev–Trinajstić information content (AvgIpc) is 3.24. The summed E-state index contributed by atoms with van der Waals surface area (Å²) in [5, 5.41) is 14.1. The number of aromatic nitrogens is 3. The highest BCUT2D eigenvalue weighted by molar-refractivity contribution is 7.99. The number of benzene rings is 3. The Morgan fingerprint density at radius 3 is 2.48 bits per heavy atom. The van der Waals surface area contributed by atoms with Gasteiger partial charge in [0.2, 0.25) is 0 Å². The van der Waals surface area contributed by atoms with Crippen molar-refractivity contribution in [2.45, 2.75) is 19.0 Å². The fraction of sp³-hybridized carbons (Fsp3) is 0.120. The number of hydrazone groups is 1. The Hall–Kier alpha value is -3.42. The molecule has 1 N–H and O–H groups in total. The van der Waals surface area contributed by atoms with E-state index in [9.17, 15) is 4.79 Å². The molecule has 0 aliphatic heterocycles. The van der Waals surface area contributed by atoms with Gasteiger partial charge in [-0.05, 0) is 61.4 Å². The Kier molecular flexibility index (Phi) is 7.22. The number of carbonyl (C=O) groups excluding carboxylic acids is 1. The van der Waals surface area contributed by atoms with E-state index in [2.05, 4.69) is 20.7 Å². The van der Waals surface area contributed by atoms with Crippen LogP contribution >= 0.6 is 23.4 Å². The summed E-state index contributed by atoms with van der Waals surface area (Å²) in [6.07, 6.45) is 1.64. The second kappa shape index (κ2) is 10.5. The van der Waals surface area contributed by atoms with Gasteiger partial charge >= 0.3 is 0 Å². The lowest BCUT2D eigenvalue weighted by atomic mass is 10.1. The van der Waals surface area contributed by atoms with E-state index in [0.29, 0.717) is 16.0 Å². The van der Waals surface area contributed by atoms with E-state index in [-0.39, 0.29) is 11.7 Å². The first-order valence-corrected chi connectivity index (χ1v) is 11.7. The fourth-order valence-electron chi connectivity index (χ4n) is 3.14. The summed E-state index contributed by atoms with van der Waals surface area (Å²) in [7, 11) is 0. The summed E-state index contributed by atoms with van der Waals surface area (Å²) >= 11 is 7.35. The van der Waals surface area contributed by atoms with Gasteiger partial charge in [0, 0.05) is 16.3 Å². The van der Waals surface area contributed by atoms with Crippen LogP contribution in [0, 0.1) is 13.8 Å². The van der Waals surface area contributed by atoms with Gasteiger partial charge in [-0.1, -0.05) is 65.3 Å². The number of nitrogens with one attached hydrogen (secondary N) is 1. The lowest BCUT2D eigenvalue weighted by Gasteiger charge is -2.10. The summed E-state index contributed by atoms with van der Waals surface area (Å²) in [4.78, 5) is 12.4. The van der Waals surface area contributed by atoms with Crippen molar-refractivity contribution in [2.24, 2.45) is 5.10 Å². The molecule has 1 aromatic heterocycles. The number of halogens is 1. The maximum Gasteiger partial charge on any atom is 0.250 e. The highest BCUT2D eigenvalue weighted by atomic mass is 35.5. The molecule has 0 bridgehead atoms. The first-order valence-electron chi connectivity index (χ1n) is 10.3. The molecule has 1 amide bonds. The second-order valence-corrected chi connectivity index (χ2v) is 8.80. The molecule has 4 rings (SSSR count). The van der Waals surface area contributed by atoms with Crippen LogP contribution in [0.1, 0.15) is 16.7 Å². The predicted molar refractivity (Wildman–Crippen MR) is 134 cm³/mol. The molecular formula is C25H22ClN5OS. The lowest BCUT2D eigenvalue weighted by Crippen LogP contribution is -2.20. The number of carbonyl (C=O) groups is 1. The Bertz CT molecular complexity index is 1280. The Labute approximate surface area is 201 Å². The minimum Gasteiger partial charge on any atom is -0.272 e. The number of thioether (sulfide) groups is 1. The third-order valence-corrected chi connectivity index (χ3v) is 6.12. The molecule has 0 radical (unpaired) electrons. The normalized spacial score (nSPS) is 11.1. The number of rotatable bonds is 7. The van der Waals surface area contributed by atoms with Gasteiger partial charge in [0.1, 0.15) is 0 Å². The second-order valence-electron chi connectivity index (χ2n) is 7.42. The highest BCUT2D eigenvalue weighted by Crippen LogP contribution is 2.28. The molecule has 0 aliphatic rings. The van der Waals surface area contributed by atoms with Crippen LogP contribution in [0.15, 0.2) is 83.1 Å². The molecule has 6 nitrogen and oxygen atoms in total. The SMILES string of the molecule is Cc1ccc(-n2c(SCC(=O)N/N=C/c3ccccc3C)nnc2-c2ccc(Cl)cc2)cc1. The lowest BCUT2D eigenvalue weighted by molar-refractivity contribution is -0.118. The Morgan fingerprint density at radius 1 is 1.03 bits per heavy atom. The number of amides is 1. The zero-order valence-electron chi connectivity index (χ0n) is 18.2. The van der Waals surface area contributed by atoms with Gasteiger partial charge in [-0.15, -0.1) is 10.2 Å². The molecule has 0 saturated carbocycles. The first-order chi connectivity index (χ1) is 16.0. The van der Waals surface area contributed by atoms with Crippen LogP contribution in [0.3, 0.4) is 0 Å². The van der Waals surface area contributed by atoms with Crippen molar-refractivity contribution in [3.05, 3.63) is 94.5 Å². The van der Waals surface area contributed by atoms with Crippen molar-refractivity contribution in [3.63, 3.8) is 0 Å². The maximum absolute atomic E-state index is 12.4. The van der Waals surface area contributed by atoms with Crippen molar-refractivity contribution < 1.29 is 4.79 Å². The smallest absolute Gasteiger partial charge is 0.250 e. The summed E-state index contributed by atoms with van der Waals surface area (Å²) in [5.41, 5.74) is 7.57. The Morgan fingerprint density at radius 2 is 1.76 bits per heavy atom. The average molecular weight is 476 g/mol. The molecule has 33 heavy (non-hydrogen) atoms. The molecule has 0 atom stereocenters. The van der Waals surface area contributed by atoms with Crippen molar-refractivity contribution in [1.29, 1.82) is 0 Å². The van der Waals surface area contributed by atoms with E-state index >= 15 is 0 Å². The van der Waals surface area contributed by atoms with Gasteiger partial charge in [-0.25, -0.2) is 5.43 Å². The van der Waals surface area contributed by atoms with Crippen LogP contribution < -0.4 is 5.43 Å². The molecule has 0 spiro atoms. The van der Waals surface area contributed by atoms with E-state index in [1.165, 1.54) is 11.8 Å². The quantitative estimate of drug-likeness (QED) is 0.219. The van der Waals surface area contributed by atoms with E-state index in [0.717, 1.165) is 27.9 Å². The van der Waals surface area contributed by atoms with Gasteiger partial charge in [-0.2, -0.15) is 5.10 Å². The number of hydrogen-bond acceptors (Lipinski definition) is 5. The summed E-state index contributed by atoms with van der Waals surface area (Å²) in [6, 6.07) is 23.4. The highest BCUT2D eigenvalue weighted by Gasteiger charge is 2.17. The fourth-order valence-corrected chi connectivity index (χ4v) is 4.01. The zero-order chi connectivity index (χ0) is 23.2. The third kappa shape index (κ3) is 5.69. The van der Waals surface area contributed by atoms with Crippen molar-refractivity contribution in [1.82, 2.24) is 20.2 Å². The van der Waals surface area contributed by atoms with E-state index in [4.69, 9.17) is 11.6 Å². The van der Waals surface area contributed by atoms with Crippen molar-refractivity contribution in [3.8, 4) is 17.1 Å². The van der Waals surface area contributed by atoms with Gasteiger partial charge in [0.05, 0.1) is 12.0 Å². The minimum atomic E-state index is -0.226. The predicted octanol–water partition coefficient (Wildman–Crippen LogP) is 5.45. The summed E-state index contributed by atoms with van der Waals surface area (Å²) < 4.78 is 1.94. The minimum absolute atomic E-state index is 0.149. The van der Waals surface area contributed by atoms with Crippen LogP contribution in [-0.2, 0) is 4.79 Å². The van der Waals surface area contributed by atoms with Crippen LogP contribution in [0.2, 0.25) is 5.02 Å². The molecular weight excluding hydrogens is 454 g/mol. The van der Waals surface area contributed by atoms with Gasteiger partial charge in [0.25, 0.3) is 5.91 Å². The van der Waals surface area contributed by atoms with Gasteiger partial charge in [-0.3, -0.25) is 9.36 Å². The zero-order valence-corrected chi connectivity index (χ0v) is 19.8. The molecule has 0 unspecified atom stereocenters. The van der Waals surface area contributed by atoms with Crippen molar-refractivity contribution in [2.75, 3.05) is 5.75 Å². The largest absolute Gasteiger partial charge is 0.272 e. The van der Waals surface area contributed by atoms with Crippen LogP contribution in [0.5, 0.6) is 0 Å². The van der Waals surface area contributed by atoms with E-state index in [1.807, 2.05) is 91.2 Å². The molecule has 0 saturated heterocycles. The van der Waals surface area contributed by atoms with Crippen LogP contribution in [-0.4, -0.2) is 32.6 Å². The Balaban J connectivity index is 1.52. The van der Waals surface area contributed by atoms with Crippen molar-refractivity contribution >= 4 is 35.5 Å². The number of hydrogen-bond donors (Lipinski definition) is 1. The molecule has 8 heteroatoms. The van der Waals surface area contributed by atoms with E-state index < -0.39 is 0 Å². The summed E-state index contributed by atoms with van der Waals surface area (Å²) in [5.74, 6) is 0.600. The molecule has 0 fully saturated rings. The maximum atomic E-state index is 12.4. The molecule has 1 heterocycles. The first kappa shape index (κ1) is 22.8. The van der Waals surface area contributed by atoms with Crippen LogP contribution in [0.4, 0.5) is 0 Å². The molecule has 3 aromatic carbocycles. The molecule has 0 aliphatic carbocycles. The van der Waals surface area contributed by atoms with Gasteiger partial charge < -0.3 is 0 Å². The van der Waals surface area contributed by atoms with Crippen LogP contribution in [0.25, 0.3) is 17.1 Å². The van der Waals surface area contributed by atoms with Gasteiger partial charge in [0.15, 0.2) is 11.0 Å². The topological polar surface area (TPSA) is 72.2 Å². The molecule has 4 aromatic rings. The standard InChI is InChI=1S/C25H22ClN5OS/c1-17-7-13-22(14-8-17)31-24(19-9-11-21(26)12-10-19)29-30-25(31)33-16-23(32)28-27-15-20-6-4-3-5-18(20)2/h3-15H,16H2,1-2H3,(H,28,32)/b27-15+. The number of aryl methyl sites for hydroxylation is 2. The number of nitrogens with zero attached hydrogens (tertiary/aromatic N) is 4. The van der Waals surface area contributed by atoms with E-state index in [1.54, 1.807) is 6.21 Å². The molecule has 166 valence electrons.